The first kappa shape index (κ1) is 20.3. The lowest BCUT2D eigenvalue weighted by Crippen LogP contribution is -2.23. The molecule has 8 heteroatoms. The highest BCUT2D eigenvalue weighted by atomic mass is 16.6. The highest BCUT2D eigenvalue weighted by Gasteiger charge is 2.27. The van der Waals surface area contributed by atoms with Gasteiger partial charge in [0, 0.05) is 36.2 Å². The van der Waals surface area contributed by atoms with Gasteiger partial charge in [-0.2, -0.15) is 5.10 Å². The number of amides is 1. The van der Waals surface area contributed by atoms with Crippen LogP contribution >= 0.6 is 0 Å². The third-order valence-corrected chi connectivity index (χ3v) is 5.23. The van der Waals surface area contributed by atoms with Crippen molar-refractivity contribution in [1.29, 1.82) is 0 Å². The van der Waals surface area contributed by atoms with Crippen LogP contribution in [0, 0.1) is 17.0 Å². The highest BCUT2D eigenvalue weighted by Crippen LogP contribution is 2.30. The Morgan fingerprint density at radius 1 is 1.13 bits per heavy atom. The molecule has 8 nitrogen and oxygen atoms in total. The molecule has 3 aromatic rings. The van der Waals surface area contributed by atoms with Gasteiger partial charge in [0.25, 0.3) is 11.6 Å². The van der Waals surface area contributed by atoms with E-state index < -0.39 is 4.92 Å². The number of aryl methyl sites for hydroxylation is 1. The van der Waals surface area contributed by atoms with Crippen molar-refractivity contribution in [2.75, 3.05) is 5.43 Å². The number of hydrogen-bond donors (Lipinski definition) is 2. The number of carbonyl (C=O) groups excluding carboxylic acids is 1. The zero-order chi connectivity index (χ0) is 21.8. The average Bonchev–Trinajstić information content (AvgIpc) is 3.14. The van der Waals surface area contributed by atoms with Gasteiger partial charge in [-0.25, -0.2) is 0 Å². The molecule has 0 fully saturated rings. The van der Waals surface area contributed by atoms with Gasteiger partial charge in [0.1, 0.15) is 5.76 Å². The van der Waals surface area contributed by atoms with E-state index in [2.05, 4.69) is 15.8 Å². The molecule has 0 radical (unpaired) electrons. The van der Waals surface area contributed by atoms with Crippen molar-refractivity contribution < 1.29 is 14.1 Å². The Morgan fingerprint density at radius 2 is 1.87 bits per heavy atom. The summed E-state index contributed by atoms with van der Waals surface area (Å²) in [5.74, 6) is 0.821. The summed E-state index contributed by atoms with van der Waals surface area (Å²) in [4.78, 5) is 23.1. The van der Waals surface area contributed by atoms with Crippen LogP contribution in [0.1, 0.15) is 45.8 Å². The number of nitro groups is 1. The Balaban J connectivity index is 1.51. The number of nitrogens with zero attached hydrogens (tertiary/aromatic N) is 2. The van der Waals surface area contributed by atoms with Crippen LogP contribution in [0.15, 0.2) is 64.1 Å². The van der Waals surface area contributed by atoms with Crippen LogP contribution in [0.2, 0.25) is 0 Å². The van der Waals surface area contributed by atoms with Crippen LogP contribution in [0.3, 0.4) is 0 Å². The molecule has 0 saturated heterocycles. The van der Waals surface area contributed by atoms with E-state index in [0.717, 1.165) is 47.4 Å². The summed E-state index contributed by atoms with van der Waals surface area (Å²) in [5.41, 5.74) is 7.08. The largest absolute Gasteiger partial charge is 0.455 e. The summed E-state index contributed by atoms with van der Waals surface area (Å²) in [7, 11) is 0. The summed E-state index contributed by atoms with van der Waals surface area (Å²) in [6.45, 7) is 2.29. The predicted octanol–water partition coefficient (Wildman–Crippen LogP) is 4.58. The Bertz CT molecular complexity index is 1130. The molecule has 2 N–H and O–H groups in total. The van der Waals surface area contributed by atoms with Gasteiger partial charge >= 0.3 is 0 Å². The molecule has 1 aliphatic carbocycles. The minimum absolute atomic E-state index is 0.0231. The van der Waals surface area contributed by atoms with E-state index in [1.807, 2.05) is 37.3 Å². The molecule has 0 atom stereocenters. The van der Waals surface area contributed by atoms with E-state index in [-0.39, 0.29) is 11.6 Å². The zero-order valence-electron chi connectivity index (χ0n) is 17.1. The maximum absolute atomic E-state index is 12.7. The molecule has 0 bridgehead atoms. The normalized spacial score (nSPS) is 14.2. The van der Waals surface area contributed by atoms with Crippen molar-refractivity contribution in [2.45, 2.75) is 32.7 Å². The lowest BCUT2D eigenvalue weighted by molar-refractivity contribution is -0.384. The number of benzene rings is 2. The minimum atomic E-state index is -0.442. The SMILES string of the molecule is Cc1c(C(=O)NCc2ccccc2)oc2c1/C(=N/Nc1ccc([N+](=O)[O-])cc1)CCC2. The van der Waals surface area contributed by atoms with Crippen LogP contribution in [0.5, 0.6) is 0 Å². The van der Waals surface area contributed by atoms with Crippen molar-refractivity contribution in [3.8, 4) is 0 Å². The summed E-state index contributed by atoms with van der Waals surface area (Å²) in [6.07, 6.45) is 2.36. The topological polar surface area (TPSA) is 110 Å². The van der Waals surface area contributed by atoms with Crippen molar-refractivity contribution in [2.24, 2.45) is 5.10 Å². The van der Waals surface area contributed by atoms with E-state index >= 15 is 0 Å². The van der Waals surface area contributed by atoms with Crippen molar-refractivity contribution in [1.82, 2.24) is 5.32 Å². The highest BCUT2D eigenvalue weighted by molar-refractivity contribution is 6.06. The molecule has 1 amide bonds. The van der Waals surface area contributed by atoms with E-state index in [4.69, 9.17) is 4.42 Å². The van der Waals surface area contributed by atoms with Crippen molar-refractivity contribution >= 4 is 23.0 Å². The fraction of sp³-hybridized carbons (Fsp3) is 0.217. The van der Waals surface area contributed by atoms with Crippen LogP contribution < -0.4 is 10.7 Å². The van der Waals surface area contributed by atoms with E-state index in [0.29, 0.717) is 18.0 Å². The lowest BCUT2D eigenvalue weighted by atomic mass is 9.93. The van der Waals surface area contributed by atoms with Crippen molar-refractivity contribution in [3.63, 3.8) is 0 Å². The van der Waals surface area contributed by atoms with Gasteiger partial charge in [-0.15, -0.1) is 0 Å². The molecule has 2 aromatic carbocycles. The second-order valence-electron chi connectivity index (χ2n) is 7.35. The smallest absolute Gasteiger partial charge is 0.287 e. The second-order valence-corrected chi connectivity index (χ2v) is 7.35. The lowest BCUT2D eigenvalue weighted by Gasteiger charge is -2.13. The average molecular weight is 418 g/mol. The number of nitro benzene ring substituents is 1. The number of anilines is 1. The molecule has 4 rings (SSSR count). The zero-order valence-corrected chi connectivity index (χ0v) is 17.1. The first-order valence-corrected chi connectivity index (χ1v) is 10.0. The van der Waals surface area contributed by atoms with Gasteiger partial charge in [-0.1, -0.05) is 30.3 Å². The van der Waals surface area contributed by atoms with E-state index in [9.17, 15) is 14.9 Å². The number of hydrogen-bond acceptors (Lipinski definition) is 6. The van der Waals surface area contributed by atoms with Crippen LogP contribution in [0.4, 0.5) is 11.4 Å². The van der Waals surface area contributed by atoms with Gasteiger partial charge in [-0.3, -0.25) is 20.3 Å². The Morgan fingerprint density at radius 3 is 2.58 bits per heavy atom. The maximum Gasteiger partial charge on any atom is 0.287 e. The number of rotatable bonds is 6. The molecule has 1 aliphatic rings. The summed E-state index contributed by atoms with van der Waals surface area (Å²) in [5, 5.41) is 18.2. The standard InChI is InChI=1S/C23H22N4O4/c1-15-21-19(26-25-17-10-12-18(13-11-17)27(29)30)8-5-9-20(21)31-22(15)23(28)24-14-16-6-3-2-4-7-16/h2-4,6-7,10-13,25H,5,8-9,14H2,1H3,(H,24,28)/b26-19+. The third kappa shape index (κ3) is 4.48. The van der Waals surface area contributed by atoms with Crippen LogP contribution in [-0.2, 0) is 13.0 Å². The van der Waals surface area contributed by atoms with Gasteiger partial charge in [0.2, 0.25) is 0 Å². The molecule has 31 heavy (non-hydrogen) atoms. The predicted molar refractivity (Wildman–Crippen MR) is 117 cm³/mol. The van der Waals surface area contributed by atoms with Gasteiger partial charge in [-0.05, 0) is 37.5 Å². The molecule has 158 valence electrons. The fourth-order valence-corrected chi connectivity index (χ4v) is 3.64. The first-order valence-electron chi connectivity index (χ1n) is 10.0. The monoisotopic (exact) mass is 418 g/mol. The second kappa shape index (κ2) is 8.83. The molecular weight excluding hydrogens is 396 g/mol. The van der Waals surface area contributed by atoms with E-state index in [1.54, 1.807) is 12.1 Å². The number of carbonyl (C=O) groups is 1. The minimum Gasteiger partial charge on any atom is -0.455 e. The number of fused-ring (bicyclic) bond motifs is 1. The third-order valence-electron chi connectivity index (χ3n) is 5.23. The first-order chi connectivity index (χ1) is 15.0. The summed E-state index contributed by atoms with van der Waals surface area (Å²) in [6, 6.07) is 15.8. The molecule has 0 unspecified atom stereocenters. The molecule has 0 saturated carbocycles. The quantitative estimate of drug-likeness (QED) is 0.450. The van der Waals surface area contributed by atoms with Gasteiger partial charge < -0.3 is 9.73 Å². The van der Waals surface area contributed by atoms with Gasteiger partial charge in [0.05, 0.1) is 16.3 Å². The molecular formula is C23H22N4O4. The fourth-order valence-electron chi connectivity index (χ4n) is 3.64. The maximum atomic E-state index is 12.7. The number of non-ortho nitro benzene ring substituents is 1. The molecule has 0 aliphatic heterocycles. The number of hydrazone groups is 1. The van der Waals surface area contributed by atoms with Gasteiger partial charge in [0.15, 0.2) is 5.76 Å². The summed E-state index contributed by atoms with van der Waals surface area (Å²) >= 11 is 0. The molecule has 1 heterocycles. The Labute approximate surface area is 179 Å². The number of nitrogens with one attached hydrogen (secondary N) is 2. The van der Waals surface area contributed by atoms with Crippen LogP contribution in [-0.4, -0.2) is 16.5 Å². The van der Waals surface area contributed by atoms with Crippen LogP contribution in [0.25, 0.3) is 0 Å². The Hall–Kier alpha value is -3.94. The summed E-state index contributed by atoms with van der Waals surface area (Å²) < 4.78 is 5.92. The van der Waals surface area contributed by atoms with E-state index in [1.165, 1.54) is 12.1 Å². The molecule has 0 spiro atoms. The molecule has 1 aromatic heterocycles. The van der Waals surface area contributed by atoms with Crippen molar-refractivity contribution in [3.05, 3.63) is 92.9 Å². The number of furan rings is 1. The Kier molecular flexibility index (Phi) is 5.79.